The monoisotopic (exact) mass is 434 g/mol. The highest BCUT2D eigenvalue weighted by Crippen LogP contribution is 2.64. The fraction of sp³-hybridized carbons (Fsp3) is 0.833. The number of nitrogens with zero attached hydrogens (tertiary/aromatic N) is 2. The molecular formula is C30H46N2. The smallest absolute Gasteiger partial charge is 0.0646 e. The van der Waals surface area contributed by atoms with E-state index in [1.165, 1.54) is 57.8 Å². The van der Waals surface area contributed by atoms with Crippen LogP contribution in [-0.4, -0.2) is 9.78 Å². The number of hydrogen-bond donors (Lipinski definition) is 0. The van der Waals surface area contributed by atoms with E-state index in [1.807, 2.05) is 6.20 Å². The molecule has 0 radical (unpaired) electrons. The van der Waals surface area contributed by atoms with Crippen molar-refractivity contribution in [3.8, 4) is 12.3 Å². The van der Waals surface area contributed by atoms with Crippen molar-refractivity contribution in [1.82, 2.24) is 9.78 Å². The van der Waals surface area contributed by atoms with Crippen LogP contribution < -0.4 is 0 Å². The normalized spacial score (nSPS) is 42.2. The first-order valence-electron chi connectivity index (χ1n) is 14.0. The lowest BCUT2D eigenvalue weighted by Crippen LogP contribution is -2.54. The molecule has 0 N–H and O–H groups in total. The highest BCUT2D eigenvalue weighted by atomic mass is 15.3. The Bertz CT molecular complexity index is 817. The van der Waals surface area contributed by atoms with Crippen LogP contribution in [0.1, 0.15) is 103 Å². The van der Waals surface area contributed by atoms with E-state index in [9.17, 15) is 0 Å². The Kier molecular flexibility index (Phi) is 6.48. The molecule has 0 amide bonds. The van der Waals surface area contributed by atoms with Crippen molar-refractivity contribution in [3.63, 3.8) is 0 Å². The highest BCUT2D eigenvalue weighted by Gasteiger charge is 2.56. The Balaban J connectivity index is 1.29. The van der Waals surface area contributed by atoms with Crippen molar-refractivity contribution in [2.45, 2.75) is 104 Å². The maximum atomic E-state index is 5.57. The van der Waals surface area contributed by atoms with Crippen molar-refractivity contribution in [3.05, 3.63) is 18.0 Å². The molecule has 4 saturated carbocycles. The Morgan fingerprint density at radius 1 is 1.12 bits per heavy atom. The minimum atomic E-state index is 0.535. The van der Waals surface area contributed by atoms with Gasteiger partial charge in [0, 0.05) is 12.7 Å². The average molecular weight is 435 g/mol. The van der Waals surface area contributed by atoms with Gasteiger partial charge in [0.15, 0.2) is 0 Å². The molecule has 0 aliphatic heterocycles. The van der Waals surface area contributed by atoms with Crippen LogP contribution in [0.3, 0.4) is 0 Å². The second kappa shape index (κ2) is 9.19. The SMILES string of the molecule is C#Cc1cnn(CC(C)C2CCCC3C4CCC5CC(CCC)CCC5C4CCC23C)c1. The molecule has 5 rings (SSSR count). The Labute approximate surface area is 197 Å². The number of hydrogen-bond acceptors (Lipinski definition) is 1. The lowest BCUT2D eigenvalue weighted by Gasteiger charge is -2.61. The quantitative estimate of drug-likeness (QED) is 0.437. The summed E-state index contributed by atoms with van der Waals surface area (Å²) in [5.41, 5.74) is 1.45. The molecule has 0 saturated heterocycles. The van der Waals surface area contributed by atoms with Crippen LogP contribution in [0.15, 0.2) is 12.4 Å². The first kappa shape index (κ1) is 22.6. The van der Waals surface area contributed by atoms with E-state index in [-0.39, 0.29) is 0 Å². The summed E-state index contributed by atoms with van der Waals surface area (Å²) in [6.07, 6.45) is 27.4. The molecule has 1 aromatic rings. The van der Waals surface area contributed by atoms with Gasteiger partial charge in [-0.15, -0.1) is 6.42 Å². The summed E-state index contributed by atoms with van der Waals surface area (Å²) < 4.78 is 2.11. The molecule has 32 heavy (non-hydrogen) atoms. The lowest BCUT2D eigenvalue weighted by molar-refractivity contribution is -0.122. The van der Waals surface area contributed by atoms with Crippen molar-refractivity contribution in [1.29, 1.82) is 0 Å². The van der Waals surface area contributed by atoms with Crippen LogP contribution in [0.25, 0.3) is 0 Å². The Morgan fingerprint density at radius 3 is 2.75 bits per heavy atom. The minimum Gasteiger partial charge on any atom is -0.271 e. The molecule has 0 aromatic carbocycles. The van der Waals surface area contributed by atoms with Crippen molar-refractivity contribution < 1.29 is 0 Å². The predicted molar refractivity (Wildman–Crippen MR) is 133 cm³/mol. The van der Waals surface area contributed by atoms with Gasteiger partial charge in [-0.25, -0.2) is 0 Å². The van der Waals surface area contributed by atoms with Gasteiger partial charge in [0.1, 0.15) is 0 Å². The van der Waals surface area contributed by atoms with Crippen molar-refractivity contribution >= 4 is 0 Å². The average Bonchev–Trinajstić information content (AvgIpc) is 3.25. The third kappa shape index (κ3) is 3.97. The van der Waals surface area contributed by atoms with E-state index >= 15 is 0 Å². The molecule has 4 fully saturated rings. The van der Waals surface area contributed by atoms with Gasteiger partial charge >= 0.3 is 0 Å². The second-order valence-electron chi connectivity index (χ2n) is 12.6. The van der Waals surface area contributed by atoms with Gasteiger partial charge in [0.05, 0.1) is 11.8 Å². The first-order chi connectivity index (χ1) is 15.5. The number of terminal acetylenes is 1. The molecule has 1 heterocycles. The van der Waals surface area contributed by atoms with E-state index < -0.39 is 0 Å². The first-order valence-corrected chi connectivity index (χ1v) is 14.0. The van der Waals surface area contributed by atoms with Gasteiger partial charge in [-0.05, 0) is 104 Å². The maximum absolute atomic E-state index is 5.57. The Hall–Kier alpha value is -1.23. The summed E-state index contributed by atoms with van der Waals surface area (Å²) >= 11 is 0. The van der Waals surface area contributed by atoms with E-state index in [1.54, 1.807) is 19.3 Å². The summed E-state index contributed by atoms with van der Waals surface area (Å²) in [6, 6.07) is 0. The Morgan fingerprint density at radius 2 is 1.97 bits per heavy atom. The van der Waals surface area contributed by atoms with Gasteiger partial charge in [-0.2, -0.15) is 5.10 Å². The molecule has 2 heteroatoms. The summed E-state index contributed by atoms with van der Waals surface area (Å²) in [5.74, 6) is 10.4. The van der Waals surface area contributed by atoms with Crippen molar-refractivity contribution in [2.75, 3.05) is 0 Å². The maximum Gasteiger partial charge on any atom is 0.0646 e. The molecule has 4 aliphatic rings. The molecule has 176 valence electrons. The van der Waals surface area contributed by atoms with Gasteiger partial charge in [0.25, 0.3) is 0 Å². The molecule has 1 aromatic heterocycles. The number of rotatable bonds is 5. The summed E-state index contributed by atoms with van der Waals surface area (Å²) in [5, 5.41) is 4.55. The fourth-order valence-corrected chi connectivity index (χ4v) is 9.75. The lowest BCUT2D eigenvalue weighted by atomic mass is 9.44. The zero-order valence-corrected chi connectivity index (χ0v) is 20.9. The van der Waals surface area contributed by atoms with Crippen LogP contribution >= 0.6 is 0 Å². The van der Waals surface area contributed by atoms with Crippen LogP contribution in [0.5, 0.6) is 0 Å². The van der Waals surface area contributed by atoms with E-state index in [2.05, 4.69) is 42.7 Å². The van der Waals surface area contributed by atoms with Crippen LogP contribution in [0, 0.1) is 65.1 Å². The fourth-order valence-electron chi connectivity index (χ4n) is 9.75. The summed E-state index contributed by atoms with van der Waals surface area (Å²) in [7, 11) is 0. The van der Waals surface area contributed by atoms with Gasteiger partial charge in [-0.1, -0.05) is 52.4 Å². The van der Waals surface area contributed by atoms with Gasteiger partial charge < -0.3 is 0 Å². The standard InChI is InChI=1S/C30H46N2/c1-5-8-23-11-13-25-24(17-23)12-14-27-26(25)15-16-30(4)28(9-7-10-29(27)30)21(3)19-32-20-22(6-2)18-31-32/h2,18,20-21,23-29H,5,7-17,19H2,1,3-4H3. The van der Waals surface area contributed by atoms with Gasteiger partial charge in [0.2, 0.25) is 0 Å². The zero-order chi connectivity index (χ0) is 22.3. The minimum absolute atomic E-state index is 0.535. The third-order valence-corrected chi connectivity index (χ3v) is 11.0. The molecule has 9 atom stereocenters. The van der Waals surface area contributed by atoms with Crippen LogP contribution in [-0.2, 0) is 6.54 Å². The highest BCUT2D eigenvalue weighted by molar-refractivity contribution is 5.26. The van der Waals surface area contributed by atoms with Crippen molar-refractivity contribution in [2.24, 2.45) is 52.8 Å². The summed E-state index contributed by atoms with van der Waals surface area (Å²) in [4.78, 5) is 0. The van der Waals surface area contributed by atoms with Crippen LogP contribution in [0.4, 0.5) is 0 Å². The molecule has 4 aliphatic carbocycles. The van der Waals surface area contributed by atoms with E-state index in [0.717, 1.165) is 53.5 Å². The summed E-state index contributed by atoms with van der Waals surface area (Å²) in [6.45, 7) is 8.60. The predicted octanol–water partition coefficient (Wildman–Crippen LogP) is 7.58. The molecular weight excluding hydrogens is 388 g/mol. The number of aromatic nitrogens is 2. The molecule has 0 bridgehead atoms. The zero-order valence-electron chi connectivity index (χ0n) is 20.9. The largest absolute Gasteiger partial charge is 0.271 e. The third-order valence-electron chi connectivity index (χ3n) is 11.0. The van der Waals surface area contributed by atoms with Crippen LogP contribution in [0.2, 0.25) is 0 Å². The number of fused-ring (bicyclic) bond motifs is 5. The molecule has 9 unspecified atom stereocenters. The second-order valence-corrected chi connectivity index (χ2v) is 12.6. The van der Waals surface area contributed by atoms with E-state index in [4.69, 9.17) is 6.42 Å². The molecule has 0 spiro atoms. The van der Waals surface area contributed by atoms with E-state index in [0.29, 0.717) is 11.3 Å². The van der Waals surface area contributed by atoms with Gasteiger partial charge in [-0.3, -0.25) is 4.68 Å². The molecule has 2 nitrogen and oxygen atoms in total. The topological polar surface area (TPSA) is 17.8 Å².